The number of rotatable bonds is 5. The summed E-state index contributed by atoms with van der Waals surface area (Å²) in [6, 6.07) is 5.72. The first kappa shape index (κ1) is 13.2. The predicted molar refractivity (Wildman–Crippen MR) is 69.0 cm³/mol. The summed E-state index contributed by atoms with van der Waals surface area (Å²) in [5, 5.41) is 0. The lowest BCUT2D eigenvalue weighted by Gasteiger charge is -2.08. The standard InChI is InChI=1S/C13H19O2P/c1-4-5-9-16(15)13(14)12-10(2)7-6-8-11(12)3/h6-8,16H,4-5,9H2,1-3H3. The third kappa shape index (κ3) is 3.05. The number of hydrogen-bond acceptors (Lipinski definition) is 2. The maximum Gasteiger partial charge on any atom is 0.219 e. The van der Waals surface area contributed by atoms with Crippen LogP contribution < -0.4 is 0 Å². The first-order valence-electron chi connectivity index (χ1n) is 5.71. The molecule has 0 aliphatic rings. The maximum atomic E-state index is 12.0. The smallest absolute Gasteiger partial charge is 0.219 e. The number of aryl methyl sites for hydroxylation is 2. The number of benzene rings is 1. The third-order valence-electron chi connectivity index (χ3n) is 2.72. The molecular formula is C13H19O2P. The van der Waals surface area contributed by atoms with E-state index in [1.54, 1.807) is 0 Å². The summed E-state index contributed by atoms with van der Waals surface area (Å²) in [5.41, 5.74) is 2.39. The highest BCUT2D eigenvalue weighted by molar-refractivity contribution is 7.64. The Bertz CT molecular complexity index is 390. The molecule has 0 fully saturated rings. The molecule has 1 atom stereocenters. The highest BCUT2D eigenvalue weighted by atomic mass is 31.1. The molecule has 0 bridgehead atoms. The van der Waals surface area contributed by atoms with Crippen LogP contribution in [0.3, 0.4) is 0 Å². The van der Waals surface area contributed by atoms with Crippen LogP contribution in [0.4, 0.5) is 0 Å². The van der Waals surface area contributed by atoms with E-state index in [9.17, 15) is 9.36 Å². The van der Waals surface area contributed by atoms with Crippen molar-refractivity contribution in [2.75, 3.05) is 6.16 Å². The van der Waals surface area contributed by atoms with Crippen molar-refractivity contribution in [3.63, 3.8) is 0 Å². The fourth-order valence-electron chi connectivity index (χ4n) is 1.76. The second kappa shape index (κ2) is 6.00. The largest absolute Gasteiger partial charge is 0.318 e. The lowest BCUT2D eigenvalue weighted by molar-refractivity contribution is 0.107. The van der Waals surface area contributed by atoms with E-state index in [0.717, 1.165) is 24.0 Å². The van der Waals surface area contributed by atoms with Gasteiger partial charge in [0.1, 0.15) is 7.80 Å². The molecule has 1 rings (SSSR count). The van der Waals surface area contributed by atoms with Crippen molar-refractivity contribution in [1.29, 1.82) is 0 Å². The second-order valence-electron chi connectivity index (χ2n) is 4.12. The molecular weight excluding hydrogens is 219 g/mol. The van der Waals surface area contributed by atoms with Gasteiger partial charge in [0.25, 0.3) is 0 Å². The summed E-state index contributed by atoms with van der Waals surface area (Å²) < 4.78 is 11.8. The zero-order valence-corrected chi connectivity index (χ0v) is 11.2. The maximum absolute atomic E-state index is 12.0. The van der Waals surface area contributed by atoms with E-state index in [1.165, 1.54) is 0 Å². The lowest BCUT2D eigenvalue weighted by atomic mass is 10.0. The van der Waals surface area contributed by atoms with Gasteiger partial charge in [-0.3, -0.25) is 4.79 Å². The van der Waals surface area contributed by atoms with Crippen LogP contribution in [0.15, 0.2) is 18.2 Å². The van der Waals surface area contributed by atoms with E-state index in [4.69, 9.17) is 0 Å². The minimum absolute atomic E-state index is 0.144. The summed E-state index contributed by atoms with van der Waals surface area (Å²) in [6.07, 6.45) is 2.40. The SMILES string of the molecule is CCCC[PH](=O)C(=O)c1c(C)cccc1C. The molecule has 1 aromatic rings. The van der Waals surface area contributed by atoms with Crippen molar-refractivity contribution in [2.45, 2.75) is 33.6 Å². The van der Waals surface area contributed by atoms with Crippen LogP contribution in [0.25, 0.3) is 0 Å². The van der Waals surface area contributed by atoms with E-state index in [-0.39, 0.29) is 5.52 Å². The van der Waals surface area contributed by atoms with Gasteiger partial charge in [0.15, 0.2) is 0 Å². The van der Waals surface area contributed by atoms with Crippen molar-refractivity contribution in [3.8, 4) is 0 Å². The molecule has 0 aromatic heterocycles. The number of carbonyl (C=O) groups excluding carboxylic acids is 1. The molecule has 0 saturated carbocycles. The van der Waals surface area contributed by atoms with E-state index < -0.39 is 7.80 Å². The topological polar surface area (TPSA) is 34.1 Å². The summed E-state index contributed by atoms with van der Waals surface area (Å²) in [5.74, 6) is 0. The minimum Gasteiger partial charge on any atom is -0.318 e. The summed E-state index contributed by atoms with van der Waals surface area (Å²) in [4.78, 5) is 12.0. The fraction of sp³-hybridized carbons (Fsp3) is 0.462. The predicted octanol–water partition coefficient (Wildman–Crippen LogP) is 3.80. The molecule has 1 aromatic carbocycles. The molecule has 2 nitrogen and oxygen atoms in total. The summed E-state index contributed by atoms with van der Waals surface area (Å²) in [7, 11) is -2.12. The first-order chi connectivity index (χ1) is 7.57. The molecule has 0 aliphatic carbocycles. The molecule has 0 heterocycles. The molecule has 88 valence electrons. The Morgan fingerprint density at radius 3 is 2.31 bits per heavy atom. The Hall–Kier alpha value is -0.880. The normalized spacial score (nSPS) is 12.4. The molecule has 0 saturated heterocycles. The van der Waals surface area contributed by atoms with Gasteiger partial charge < -0.3 is 4.57 Å². The molecule has 1 unspecified atom stereocenters. The molecule has 3 heteroatoms. The van der Waals surface area contributed by atoms with Crippen LogP contribution in [0.5, 0.6) is 0 Å². The first-order valence-corrected chi connectivity index (χ1v) is 7.33. The highest BCUT2D eigenvalue weighted by Crippen LogP contribution is 2.31. The van der Waals surface area contributed by atoms with Crippen LogP contribution in [0.2, 0.25) is 0 Å². The zero-order valence-electron chi connectivity index (χ0n) is 10.2. The Morgan fingerprint density at radius 1 is 1.25 bits per heavy atom. The van der Waals surface area contributed by atoms with E-state index in [1.807, 2.05) is 39.0 Å². The van der Waals surface area contributed by atoms with Gasteiger partial charge in [-0.1, -0.05) is 31.5 Å². The Kier molecular flexibility index (Phi) is 4.95. The Morgan fingerprint density at radius 2 is 1.81 bits per heavy atom. The monoisotopic (exact) mass is 238 g/mol. The average Bonchev–Trinajstić information content (AvgIpc) is 2.25. The van der Waals surface area contributed by atoms with Gasteiger partial charge in [0, 0.05) is 11.7 Å². The number of carbonyl (C=O) groups is 1. The molecule has 0 N–H and O–H groups in total. The Balaban J connectivity index is 2.92. The molecule has 0 amide bonds. The van der Waals surface area contributed by atoms with E-state index >= 15 is 0 Å². The zero-order chi connectivity index (χ0) is 12.1. The second-order valence-corrected chi connectivity index (χ2v) is 5.92. The van der Waals surface area contributed by atoms with Crippen LogP contribution in [0, 0.1) is 13.8 Å². The van der Waals surface area contributed by atoms with Gasteiger partial charge in [-0.25, -0.2) is 0 Å². The van der Waals surface area contributed by atoms with Gasteiger partial charge in [-0.05, 0) is 31.4 Å². The highest BCUT2D eigenvalue weighted by Gasteiger charge is 2.17. The average molecular weight is 238 g/mol. The van der Waals surface area contributed by atoms with Crippen LogP contribution in [0.1, 0.15) is 41.3 Å². The Labute approximate surface area is 97.9 Å². The van der Waals surface area contributed by atoms with Crippen LogP contribution >= 0.6 is 7.80 Å². The van der Waals surface area contributed by atoms with Crippen molar-refractivity contribution < 1.29 is 9.36 Å². The van der Waals surface area contributed by atoms with Gasteiger partial charge >= 0.3 is 0 Å². The summed E-state index contributed by atoms with van der Waals surface area (Å²) >= 11 is 0. The molecule has 16 heavy (non-hydrogen) atoms. The van der Waals surface area contributed by atoms with Gasteiger partial charge in [0.05, 0.1) is 0 Å². The number of hydrogen-bond donors (Lipinski definition) is 0. The van der Waals surface area contributed by atoms with Gasteiger partial charge in [-0.2, -0.15) is 0 Å². The third-order valence-corrected chi connectivity index (χ3v) is 4.28. The van der Waals surface area contributed by atoms with Gasteiger partial charge in [-0.15, -0.1) is 0 Å². The molecule has 0 aliphatic heterocycles. The van der Waals surface area contributed by atoms with E-state index in [2.05, 4.69) is 0 Å². The van der Waals surface area contributed by atoms with E-state index in [0.29, 0.717) is 11.7 Å². The fourth-order valence-corrected chi connectivity index (χ4v) is 3.34. The van der Waals surface area contributed by atoms with Crippen molar-refractivity contribution in [3.05, 3.63) is 34.9 Å². The van der Waals surface area contributed by atoms with Crippen LogP contribution in [-0.4, -0.2) is 11.7 Å². The summed E-state index contributed by atoms with van der Waals surface area (Å²) in [6.45, 7) is 5.84. The number of unbranched alkanes of at least 4 members (excludes halogenated alkanes) is 1. The van der Waals surface area contributed by atoms with Gasteiger partial charge in [0.2, 0.25) is 5.52 Å². The lowest BCUT2D eigenvalue weighted by Crippen LogP contribution is -2.01. The van der Waals surface area contributed by atoms with Crippen molar-refractivity contribution in [1.82, 2.24) is 0 Å². The molecule has 0 radical (unpaired) electrons. The quantitative estimate of drug-likeness (QED) is 0.731. The minimum atomic E-state index is -2.12. The van der Waals surface area contributed by atoms with Crippen molar-refractivity contribution in [2.24, 2.45) is 0 Å². The van der Waals surface area contributed by atoms with Crippen LogP contribution in [-0.2, 0) is 4.57 Å². The van der Waals surface area contributed by atoms with Crippen molar-refractivity contribution >= 4 is 13.3 Å². The molecule has 0 spiro atoms.